The fourth-order valence-electron chi connectivity index (χ4n) is 4.40. The molecule has 2 heterocycles. The molecule has 0 aromatic carbocycles. The second kappa shape index (κ2) is 18.1. The molecular weight excluding hydrogens is 488 g/mol. The van der Waals surface area contributed by atoms with E-state index < -0.39 is 30.4 Å². The van der Waals surface area contributed by atoms with Gasteiger partial charge in [0, 0.05) is 12.8 Å². The standard InChI is InChI=1S/C29H48N2O7/c1-21(2)14-12-10-8-6-4-5-7-9-11-13-15-28(34)38-26(17-25(33)29(35)22(3)32)24-19-36-27(31-24)16-23-18-30-20-37-23/h18-22,25-26,29,32-33,35H,4-17H2,1-3H3/t22-,25-,26+,29+/m0/s1. The Bertz CT molecular complexity index is 866. The summed E-state index contributed by atoms with van der Waals surface area (Å²) in [5.41, 5.74) is 0.328. The van der Waals surface area contributed by atoms with Crippen molar-refractivity contribution >= 4 is 5.97 Å². The van der Waals surface area contributed by atoms with Crippen LogP contribution in [0.5, 0.6) is 0 Å². The minimum atomic E-state index is -1.38. The zero-order valence-electron chi connectivity index (χ0n) is 23.4. The highest BCUT2D eigenvalue weighted by atomic mass is 16.5. The normalized spacial score (nSPS) is 14.9. The Morgan fingerprint density at radius 2 is 1.55 bits per heavy atom. The average Bonchev–Trinajstić information content (AvgIpc) is 3.56. The zero-order valence-corrected chi connectivity index (χ0v) is 23.4. The quantitative estimate of drug-likeness (QED) is 0.136. The van der Waals surface area contributed by atoms with Crippen molar-refractivity contribution in [2.45, 2.75) is 135 Å². The molecule has 0 amide bonds. The summed E-state index contributed by atoms with van der Waals surface area (Å²) in [6.07, 6.45) is 13.1. The lowest BCUT2D eigenvalue weighted by atomic mass is 10.0. The lowest BCUT2D eigenvalue weighted by Gasteiger charge is -2.24. The van der Waals surface area contributed by atoms with Crippen molar-refractivity contribution in [3.63, 3.8) is 0 Å². The minimum absolute atomic E-state index is 0.121. The summed E-state index contributed by atoms with van der Waals surface area (Å²) < 4.78 is 16.3. The Morgan fingerprint density at radius 3 is 2.13 bits per heavy atom. The van der Waals surface area contributed by atoms with E-state index >= 15 is 0 Å². The summed E-state index contributed by atoms with van der Waals surface area (Å²) in [6.45, 7) is 5.94. The first-order valence-electron chi connectivity index (χ1n) is 14.3. The third kappa shape index (κ3) is 13.0. The highest BCUT2D eigenvalue weighted by Crippen LogP contribution is 2.26. The van der Waals surface area contributed by atoms with Gasteiger partial charge in [0.1, 0.15) is 29.9 Å². The molecule has 2 aromatic heterocycles. The maximum absolute atomic E-state index is 12.6. The first kappa shape index (κ1) is 32.0. The van der Waals surface area contributed by atoms with Gasteiger partial charge in [-0.2, -0.15) is 0 Å². The smallest absolute Gasteiger partial charge is 0.306 e. The monoisotopic (exact) mass is 536 g/mol. The van der Waals surface area contributed by atoms with E-state index in [1.165, 1.54) is 70.9 Å². The SMILES string of the molecule is CC(C)CCCCCCCCCCCCC(=O)O[C@H](C[C@H](O)[C@H](O)[C@H](C)O)c1coc(Cc2cnco2)n1. The summed E-state index contributed by atoms with van der Waals surface area (Å²) in [6, 6.07) is 0. The molecule has 0 aliphatic carbocycles. The summed E-state index contributed by atoms with van der Waals surface area (Å²) in [4.78, 5) is 20.8. The van der Waals surface area contributed by atoms with Crippen molar-refractivity contribution in [1.82, 2.24) is 9.97 Å². The molecule has 38 heavy (non-hydrogen) atoms. The maximum atomic E-state index is 12.6. The minimum Gasteiger partial charge on any atom is -0.456 e. The zero-order chi connectivity index (χ0) is 27.8. The van der Waals surface area contributed by atoms with E-state index in [1.807, 2.05) is 0 Å². The predicted molar refractivity (Wildman–Crippen MR) is 143 cm³/mol. The third-order valence-electron chi connectivity index (χ3n) is 6.74. The van der Waals surface area contributed by atoms with Gasteiger partial charge >= 0.3 is 5.97 Å². The van der Waals surface area contributed by atoms with Crippen molar-refractivity contribution in [1.29, 1.82) is 0 Å². The highest BCUT2D eigenvalue weighted by Gasteiger charge is 2.29. The molecule has 3 N–H and O–H groups in total. The van der Waals surface area contributed by atoms with Gasteiger partial charge in [-0.3, -0.25) is 4.79 Å². The second-order valence-corrected chi connectivity index (χ2v) is 10.8. The van der Waals surface area contributed by atoms with Crippen LogP contribution in [0, 0.1) is 5.92 Å². The summed E-state index contributed by atoms with van der Waals surface area (Å²) in [7, 11) is 0. The van der Waals surface area contributed by atoms with Crippen LogP contribution in [0.25, 0.3) is 0 Å². The van der Waals surface area contributed by atoms with Gasteiger partial charge in [0.2, 0.25) is 5.89 Å². The number of oxazole rings is 2. The van der Waals surface area contributed by atoms with Crippen LogP contribution in [0.1, 0.15) is 128 Å². The lowest BCUT2D eigenvalue weighted by molar-refractivity contribution is -0.153. The highest BCUT2D eigenvalue weighted by molar-refractivity contribution is 5.69. The van der Waals surface area contributed by atoms with Crippen LogP contribution in [0.15, 0.2) is 27.7 Å². The summed E-state index contributed by atoms with van der Waals surface area (Å²) in [5.74, 6) is 1.32. The van der Waals surface area contributed by atoms with E-state index in [2.05, 4.69) is 23.8 Å². The van der Waals surface area contributed by atoms with E-state index in [0.717, 1.165) is 25.2 Å². The molecule has 0 saturated carbocycles. The predicted octanol–water partition coefficient (Wildman–Crippen LogP) is 5.67. The van der Waals surface area contributed by atoms with Gasteiger partial charge in [0.25, 0.3) is 0 Å². The molecule has 2 aromatic rings. The maximum Gasteiger partial charge on any atom is 0.306 e. The van der Waals surface area contributed by atoms with E-state index in [-0.39, 0.29) is 19.3 Å². The van der Waals surface area contributed by atoms with Gasteiger partial charge in [-0.1, -0.05) is 78.1 Å². The molecule has 0 radical (unpaired) electrons. The number of unbranched alkanes of at least 4 members (excludes halogenated alkanes) is 9. The Hall–Kier alpha value is -2.23. The van der Waals surface area contributed by atoms with Crippen LogP contribution in [-0.4, -0.2) is 49.6 Å². The average molecular weight is 537 g/mol. The molecule has 216 valence electrons. The molecule has 9 heteroatoms. The van der Waals surface area contributed by atoms with Crippen LogP contribution < -0.4 is 0 Å². The van der Waals surface area contributed by atoms with Gasteiger partial charge in [0.15, 0.2) is 6.39 Å². The number of hydrogen-bond acceptors (Lipinski definition) is 9. The number of rotatable bonds is 21. The molecule has 0 saturated heterocycles. The van der Waals surface area contributed by atoms with Crippen LogP contribution in [-0.2, 0) is 16.0 Å². The van der Waals surface area contributed by atoms with E-state index in [4.69, 9.17) is 13.6 Å². The van der Waals surface area contributed by atoms with Crippen molar-refractivity contribution in [2.24, 2.45) is 5.92 Å². The van der Waals surface area contributed by atoms with Gasteiger partial charge < -0.3 is 28.9 Å². The van der Waals surface area contributed by atoms with Crippen molar-refractivity contribution in [3.05, 3.63) is 36.2 Å². The molecule has 0 aliphatic rings. The van der Waals surface area contributed by atoms with E-state index in [0.29, 0.717) is 17.3 Å². The van der Waals surface area contributed by atoms with E-state index in [1.54, 1.807) is 6.20 Å². The second-order valence-electron chi connectivity index (χ2n) is 10.8. The van der Waals surface area contributed by atoms with Crippen molar-refractivity contribution in [2.75, 3.05) is 0 Å². The van der Waals surface area contributed by atoms with Crippen molar-refractivity contribution < 1.29 is 33.7 Å². The molecule has 0 aliphatic heterocycles. The van der Waals surface area contributed by atoms with Crippen LogP contribution in [0.2, 0.25) is 0 Å². The fourth-order valence-corrected chi connectivity index (χ4v) is 4.40. The molecule has 9 nitrogen and oxygen atoms in total. The van der Waals surface area contributed by atoms with Crippen LogP contribution in [0.4, 0.5) is 0 Å². The van der Waals surface area contributed by atoms with Crippen molar-refractivity contribution in [3.8, 4) is 0 Å². The molecule has 2 rings (SSSR count). The van der Waals surface area contributed by atoms with Gasteiger partial charge in [-0.15, -0.1) is 0 Å². The number of hydrogen-bond donors (Lipinski definition) is 3. The lowest BCUT2D eigenvalue weighted by Crippen LogP contribution is -2.37. The Morgan fingerprint density at radius 1 is 0.921 bits per heavy atom. The van der Waals surface area contributed by atoms with Crippen LogP contribution >= 0.6 is 0 Å². The number of aliphatic hydroxyl groups excluding tert-OH is 3. The number of carbonyl (C=O) groups is 1. The molecular formula is C29H48N2O7. The number of carbonyl (C=O) groups excluding carboxylic acids is 1. The number of ether oxygens (including phenoxy) is 1. The Balaban J connectivity index is 1.72. The number of nitrogens with zero attached hydrogens (tertiary/aromatic N) is 2. The first-order chi connectivity index (χ1) is 18.3. The fraction of sp³-hybridized carbons (Fsp3) is 0.759. The molecule has 4 atom stereocenters. The molecule has 0 bridgehead atoms. The molecule has 0 spiro atoms. The summed E-state index contributed by atoms with van der Waals surface area (Å²) in [5, 5.41) is 30.0. The first-order valence-corrected chi connectivity index (χ1v) is 14.3. The molecule has 0 unspecified atom stereocenters. The Kier molecular flexibility index (Phi) is 15.3. The number of aromatic nitrogens is 2. The largest absolute Gasteiger partial charge is 0.456 e. The number of aliphatic hydroxyl groups is 3. The summed E-state index contributed by atoms with van der Waals surface area (Å²) >= 11 is 0. The van der Waals surface area contributed by atoms with Gasteiger partial charge in [-0.05, 0) is 19.3 Å². The van der Waals surface area contributed by atoms with Crippen LogP contribution in [0.3, 0.4) is 0 Å². The number of esters is 1. The van der Waals surface area contributed by atoms with E-state index in [9.17, 15) is 20.1 Å². The Labute approximate surface area is 227 Å². The van der Waals surface area contributed by atoms with Gasteiger partial charge in [0.05, 0.1) is 24.8 Å². The van der Waals surface area contributed by atoms with Gasteiger partial charge in [-0.25, -0.2) is 9.97 Å². The third-order valence-corrected chi connectivity index (χ3v) is 6.74. The molecule has 0 fully saturated rings. The topological polar surface area (TPSA) is 139 Å².